The molecule has 0 aliphatic heterocycles. The molecule has 36 heavy (non-hydrogen) atoms. The summed E-state index contributed by atoms with van der Waals surface area (Å²) in [6.45, 7) is 1.93. The second-order valence-electron chi connectivity index (χ2n) is 8.17. The number of halogens is 2. The van der Waals surface area contributed by atoms with E-state index in [2.05, 4.69) is 5.32 Å². The zero-order valence-corrected chi connectivity index (χ0v) is 20.6. The Hall–Kier alpha value is -4.06. The first-order valence-electron chi connectivity index (χ1n) is 11.1. The van der Waals surface area contributed by atoms with Gasteiger partial charge in [0.2, 0.25) is 5.91 Å². The summed E-state index contributed by atoms with van der Waals surface area (Å²) in [5.74, 6) is 0.811. The minimum absolute atomic E-state index is 0.312. The molecule has 0 saturated heterocycles. The van der Waals surface area contributed by atoms with Gasteiger partial charge in [-0.1, -0.05) is 59.6 Å². The fourth-order valence-electron chi connectivity index (χ4n) is 3.75. The third-order valence-electron chi connectivity index (χ3n) is 5.65. The zero-order valence-electron chi connectivity index (χ0n) is 19.0. The van der Waals surface area contributed by atoms with E-state index in [9.17, 15) is 9.59 Å². The van der Waals surface area contributed by atoms with Crippen LogP contribution in [0, 0.1) is 6.92 Å². The van der Waals surface area contributed by atoms with Gasteiger partial charge >= 0.3 is 5.63 Å². The van der Waals surface area contributed by atoms with Gasteiger partial charge in [-0.15, -0.1) is 0 Å². The van der Waals surface area contributed by atoms with Gasteiger partial charge in [-0.3, -0.25) is 4.79 Å². The monoisotopic (exact) mass is 515 g/mol. The Balaban J connectivity index is 1.30. The second-order valence-corrected chi connectivity index (χ2v) is 8.98. The highest BCUT2D eigenvalue weighted by Crippen LogP contribution is 2.31. The number of amides is 1. The van der Waals surface area contributed by atoms with Crippen molar-refractivity contribution >= 4 is 51.8 Å². The number of aryl methyl sites for hydroxylation is 1. The van der Waals surface area contributed by atoms with Crippen molar-refractivity contribution in [1.29, 1.82) is 0 Å². The number of rotatable bonds is 5. The van der Waals surface area contributed by atoms with E-state index in [1.807, 2.05) is 43.3 Å². The fraction of sp³-hybridized carbons (Fsp3) is 0.0345. The topological polar surface area (TPSA) is 72.5 Å². The molecule has 2 aromatic heterocycles. The van der Waals surface area contributed by atoms with Crippen molar-refractivity contribution in [3.63, 3.8) is 0 Å². The molecule has 5 nitrogen and oxygen atoms in total. The molecule has 0 fully saturated rings. The summed E-state index contributed by atoms with van der Waals surface area (Å²) in [4.78, 5) is 24.9. The van der Waals surface area contributed by atoms with E-state index in [1.54, 1.807) is 48.5 Å². The van der Waals surface area contributed by atoms with Gasteiger partial charge in [0.1, 0.15) is 17.1 Å². The Kier molecular flexibility index (Phi) is 6.51. The van der Waals surface area contributed by atoms with Crippen LogP contribution in [0.25, 0.3) is 39.5 Å². The molecule has 178 valence electrons. The first kappa shape index (κ1) is 23.7. The lowest BCUT2D eigenvalue weighted by molar-refractivity contribution is -0.111. The number of carbonyl (C=O) groups excluding carboxylic acids is 1. The highest BCUT2D eigenvalue weighted by Gasteiger charge is 2.12. The van der Waals surface area contributed by atoms with Crippen molar-refractivity contribution in [2.45, 2.75) is 6.92 Å². The molecule has 0 aliphatic carbocycles. The van der Waals surface area contributed by atoms with Gasteiger partial charge in [0, 0.05) is 33.3 Å². The van der Waals surface area contributed by atoms with Gasteiger partial charge in [-0.25, -0.2) is 4.79 Å². The van der Waals surface area contributed by atoms with E-state index in [4.69, 9.17) is 32.0 Å². The van der Waals surface area contributed by atoms with Crippen LogP contribution in [0.4, 0.5) is 5.69 Å². The van der Waals surface area contributed by atoms with Crippen molar-refractivity contribution in [3.8, 4) is 22.5 Å². The summed E-state index contributed by atoms with van der Waals surface area (Å²) in [5.41, 5.74) is 3.20. The van der Waals surface area contributed by atoms with Crippen molar-refractivity contribution in [2.24, 2.45) is 0 Å². The normalized spacial score (nSPS) is 11.3. The van der Waals surface area contributed by atoms with Gasteiger partial charge < -0.3 is 14.2 Å². The smallest absolute Gasteiger partial charge is 0.344 e. The lowest BCUT2D eigenvalue weighted by Crippen LogP contribution is -2.08. The quantitative estimate of drug-likeness (QED) is 0.190. The van der Waals surface area contributed by atoms with Crippen molar-refractivity contribution in [2.75, 3.05) is 5.32 Å². The van der Waals surface area contributed by atoms with Crippen molar-refractivity contribution < 1.29 is 13.6 Å². The molecule has 0 bridgehead atoms. The Morgan fingerprint density at radius 3 is 2.50 bits per heavy atom. The first-order chi connectivity index (χ1) is 17.4. The summed E-state index contributed by atoms with van der Waals surface area (Å²) in [6, 6.07) is 23.2. The highest BCUT2D eigenvalue weighted by molar-refractivity contribution is 6.33. The van der Waals surface area contributed by atoms with Crippen molar-refractivity contribution in [3.05, 3.63) is 117 Å². The van der Waals surface area contributed by atoms with Crippen LogP contribution in [0.1, 0.15) is 11.3 Å². The Morgan fingerprint density at radius 1 is 0.861 bits per heavy atom. The molecule has 0 spiro atoms. The second kappa shape index (κ2) is 9.90. The van der Waals surface area contributed by atoms with E-state index >= 15 is 0 Å². The van der Waals surface area contributed by atoms with Gasteiger partial charge in [-0.05, 0) is 61.0 Å². The van der Waals surface area contributed by atoms with Crippen LogP contribution in [0.2, 0.25) is 10.0 Å². The van der Waals surface area contributed by atoms with Crippen LogP contribution in [0.3, 0.4) is 0 Å². The summed E-state index contributed by atoms with van der Waals surface area (Å²) in [7, 11) is 0. The first-order valence-corrected chi connectivity index (χ1v) is 11.8. The van der Waals surface area contributed by atoms with Gasteiger partial charge in [0.05, 0.1) is 10.6 Å². The molecular formula is C29H19Cl2NO4. The predicted octanol–water partition coefficient (Wildman–Crippen LogP) is 7.99. The Labute approximate surface area is 216 Å². The maximum atomic E-state index is 12.5. The largest absolute Gasteiger partial charge is 0.457 e. The Bertz CT molecular complexity index is 1700. The number of furan rings is 1. The Morgan fingerprint density at radius 2 is 1.69 bits per heavy atom. The molecule has 5 aromatic rings. The lowest BCUT2D eigenvalue weighted by Gasteiger charge is -2.08. The van der Waals surface area contributed by atoms with Crippen LogP contribution in [-0.2, 0) is 4.79 Å². The molecule has 0 atom stereocenters. The molecule has 0 radical (unpaired) electrons. The maximum absolute atomic E-state index is 12.5. The average Bonchev–Trinajstić information content (AvgIpc) is 3.33. The van der Waals surface area contributed by atoms with Gasteiger partial charge in [0.25, 0.3) is 0 Å². The van der Waals surface area contributed by atoms with Crippen LogP contribution >= 0.6 is 23.2 Å². The summed E-state index contributed by atoms with van der Waals surface area (Å²) >= 11 is 12.6. The number of para-hydroxylation sites is 1. The number of carbonyl (C=O) groups is 1. The number of benzene rings is 3. The molecule has 0 aliphatic rings. The fourth-order valence-corrected chi connectivity index (χ4v) is 4.21. The molecule has 1 N–H and O–H groups in total. The standard InChI is InChI=1S/C29H19Cl2NO4/c1-17-6-7-19(15-24(17)30)27-12-9-21(35-27)10-13-28(33)32-20-8-11-22(25(31)16-20)23-14-18-4-2-3-5-26(18)36-29(23)34/h2-16H,1H3,(H,32,33). The molecule has 2 heterocycles. The third-order valence-corrected chi connectivity index (χ3v) is 6.37. The SMILES string of the molecule is Cc1ccc(-c2ccc(C=CC(=O)Nc3ccc(-c4cc5ccccc5oc4=O)c(Cl)c3)o2)cc1Cl. The number of nitrogens with one attached hydrogen (secondary N) is 1. The number of hydrogen-bond acceptors (Lipinski definition) is 4. The molecule has 1 amide bonds. The molecular weight excluding hydrogens is 497 g/mol. The van der Waals surface area contributed by atoms with Crippen LogP contribution in [0.15, 0.2) is 98.6 Å². The number of hydrogen-bond donors (Lipinski definition) is 1. The maximum Gasteiger partial charge on any atom is 0.344 e. The number of anilines is 1. The van der Waals surface area contributed by atoms with Gasteiger partial charge in [-0.2, -0.15) is 0 Å². The van der Waals surface area contributed by atoms with Crippen molar-refractivity contribution in [1.82, 2.24) is 0 Å². The minimum Gasteiger partial charge on any atom is -0.457 e. The predicted molar refractivity (Wildman–Crippen MR) is 144 cm³/mol. The number of fused-ring (bicyclic) bond motifs is 1. The molecule has 5 rings (SSSR count). The van der Waals surface area contributed by atoms with Crippen LogP contribution in [0.5, 0.6) is 0 Å². The highest BCUT2D eigenvalue weighted by atomic mass is 35.5. The van der Waals surface area contributed by atoms with Gasteiger partial charge in [0.15, 0.2) is 0 Å². The third kappa shape index (κ3) is 4.98. The molecule has 0 unspecified atom stereocenters. The van der Waals surface area contributed by atoms with E-state index in [-0.39, 0.29) is 5.91 Å². The average molecular weight is 516 g/mol. The van der Waals surface area contributed by atoms with E-state index in [0.29, 0.717) is 44.0 Å². The molecule has 7 heteroatoms. The summed E-state index contributed by atoms with van der Waals surface area (Å²) in [6.07, 6.45) is 2.94. The van der Waals surface area contributed by atoms with Crippen LogP contribution < -0.4 is 10.9 Å². The zero-order chi connectivity index (χ0) is 25.2. The minimum atomic E-state index is -0.485. The molecule has 0 saturated carbocycles. The van der Waals surface area contributed by atoms with E-state index < -0.39 is 5.63 Å². The van der Waals surface area contributed by atoms with E-state index in [0.717, 1.165) is 16.5 Å². The molecule has 3 aromatic carbocycles. The lowest BCUT2D eigenvalue weighted by atomic mass is 10.1. The van der Waals surface area contributed by atoms with E-state index in [1.165, 1.54) is 6.08 Å². The summed E-state index contributed by atoms with van der Waals surface area (Å²) < 4.78 is 11.2. The summed E-state index contributed by atoms with van der Waals surface area (Å²) in [5, 5.41) is 4.52. The van der Waals surface area contributed by atoms with Crippen LogP contribution in [-0.4, -0.2) is 5.91 Å².